The zero-order valence-corrected chi connectivity index (χ0v) is 31.3. The van der Waals surface area contributed by atoms with Crippen LogP contribution < -0.4 is 21.2 Å². The first-order valence-electron chi connectivity index (χ1n) is 18.1. The summed E-state index contributed by atoms with van der Waals surface area (Å²) in [4.78, 5) is 39.3. The van der Waals surface area contributed by atoms with Crippen LogP contribution in [0.4, 0.5) is 11.8 Å². The molecule has 51 heavy (non-hydrogen) atoms. The van der Waals surface area contributed by atoms with E-state index in [0.717, 1.165) is 25.7 Å². The number of carbonyl (C=O) groups is 2. The van der Waals surface area contributed by atoms with Crippen LogP contribution in [0.5, 0.6) is 0 Å². The summed E-state index contributed by atoms with van der Waals surface area (Å²) in [7, 11) is -4.27. The number of nitrogen functional groups attached to an aromatic ring is 1. The zero-order chi connectivity index (χ0) is 37.1. The number of hydrogen-bond acceptors (Lipinski definition) is 14. The van der Waals surface area contributed by atoms with E-state index in [1.807, 2.05) is 27.7 Å². The van der Waals surface area contributed by atoms with Crippen LogP contribution in [0, 0.1) is 11.8 Å². The van der Waals surface area contributed by atoms with E-state index in [4.69, 9.17) is 24.5 Å². The molecule has 2 aromatic rings. The van der Waals surface area contributed by atoms with Crippen molar-refractivity contribution in [2.24, 2.45) is 11.8 Å². The number of fused-ring (bicyclic) bond motifs is 2. The highest BCUT2D eigenvalue weighted by atomic mass is 31.2. The number of rotatable bonds is 18. The minimum atomic E-state index is -4.27. The summed E-state index contributed by atoms with van der Waals surface area (Å²) in [6.45, 7) is 10.7. The van der Waals surface area contributed by atoms with Gasteiger partial charge in [0.05, 0.1) is 32.2 Å². The number of aliphatic hydroxyl groups is 2. The molecule has 7 N–H and O–H groups in total. The second-order valence-corrected chi connectivity index (χ2v) is 16.5. The Morgan fingerprint density at radius 1 is 1.06 bits per heavy atom. The van der Waals surface area contributed by atoms with Crippen LogP contribution >= 0.6 is 7.67 Å². The van der Waals surface area contributed by atoms with Gasteiger partial charge in [-0.1, -0.05) is 40.5 Å². The van der Waals surface area contributed by atoms with Gasteiger partial charge in [-0.25, -0.2) is 15.2 Å². The Labute approximate surface area is 298 Å². The van der Waals surface area contributed by atoms with Crippen molar-refractivity contribution >= 4 is 42.5 Å². The minimum Gasteiger partial charge on any atom is -0.465 e. The molecule has 17 nitrogen and oxygen atoms in total. The molecule has 0 aromatic carbocycles. The lowest BCUT2D eigenvalue weighted by Crippen LogP contribution is -2.61. The smallest absolute Gasteiger partial charge is 0.342 e. The fraction of sp³-hybridized carbons (Fsp3) is 0.788. The summed E-state index contributed by atoms with van der Waals surface area (Å²) in [5.41, 5.74) is 5.47. The number of ether oxygens (including phenoxy) is 3. The Bertz CT molecular complexity index is 1530. The Kier molecular flexibility index (Phi) is 12.6. The van der Waals surface area contributed by atoms with Crippen LogP contribution in [0.2, 0.25) is 0 Å². The van der Waals surface area contributed by atoms with Crippen molar-refractivity contribution in [1.82, 2.24) is 29.7 Å². The van der Waals surface area contributed by atoms with Crippen molar-refractivity contribution in [3.05, 3.63) is 6.33 Å². The van der Waals surface area contributed by atoms with Crippen LogP contribution in [0.25, 0.3) is 11.2 Å². The van der Waals surface area contributed by atoms with Crippen molar-refractivity contribution in [2.75, 3.05) is 30.9 Å². The summed E-state index contributed by atoms with van der Waals surface area (Å²) in [6, 6.07) is -2.27. The third-order valence-corrected chi connectivity index (χ3v) is 11.5. The second-order valence-electron chi connectivity index (χ2n) is 14.7. The molecule has 1 aliphatic heterocycles. The predicted octanol–water partition coefficient (Wildman–Crippen LogP) is 2.83. The molecule has 3 heterocycles. The number of nitrogens with one attached hydrogen (secondary N) is 3. The van der Waals surface area contributed by atoms with E-state index in [1.165, 1.54) is 0 Å². The third-order valence-electron chi connectivity index (χ3n) is 9.68. The molecule has 2 saturated carbocycles. The van der Waals surface area contributed by atoms with Gasteiger partial charge in [0.15, 0.2) is 17.0 Å². The highest BCUT2D eigenvalue weighted by Crippen LogP contribution is 2.53. The molecule has 2 aromatic heterocycles. The molecular weight excluding hydrogens is 683 g/mol. The number of hydrogen-bond donors (Lipinski definition) is 6. The van der Waals surface area contributed by atoms with Gasteiger partial charge in [0.25, 0.3) is 0 Å². The number of esters is 2. The van der Waals surface area contributed by atoms with Crippen molar-refractivity contribution < 1.29 is 43.1 Å². The van der Waals surface area contributed by atoms with Crippen LogP contribution in [0.3, 0.4) is 0 Å². The minimum absolute atomic E-state index is 0.00751. The molecule has 0 radical (unpaired) electrons. The number of anilines is 2. The summed E-state index contributed by atoms with van der Waals surface area (Å²) < 4.78 is 39.1. The van der Waals surface area contributed by atoms with Crippen molar-refractivity contribution in [1.29, 1.82) is 0 Å². The Morgan fingerprint density at radius 2 is 1.65 bits per heavy atom. The monoisotopic (exact) mass is 738 g/mol. The first-order chi connectivity index (χ1) is 24.2. The largest absolute Gasteiger partial charge is 0.465 e. The van der Waals surface area contributed by atoms with Crippen molar-refractivity contribution in [2.45, 2.75) is 135 Å². The van der Waals surface area contributed by atoms with Gasteiger partial charge in [0.1, 0.15) is 36.0 Å². The van der Waals surface area contributed by atoms with Crippen LogP contribution in [-0.2, 0) is 32.9 Å². The van der Waals surface area contributed by atoms with Gasteiger partial charge in [-0.15, -0.1) is 0 Å². The maximum Gasteiger partial charge on any atom is 0.342 e. The molecule has 2 aliphatic carbocycles. The molecule has 0 amide bonds. The molecule has 1 saturated heterocycles. The summed E-state index contributed by atoms with van der Waals surface area (Å²) in [5, 5.41) is 31.9. The fourth-order valence-electron chi connectivity index (χ4n) is 7.26. The van der Waals surface area contributed by atoms with Gasteiger partial charge in [-0.05, 0) is 51.4 Å². The first-order valence-corrected chi connectivity index (χ1v) is 19.8. The highest BCUT2D eigenvalue weighted by molar-refractivity contribution is 7.54. The molecule has 3 aliphatic rings. The predicted molar refractivity (Wildman–Crippen MR) is 188 cm³/mol. The maximum atomic E-state index is 14.6. The molecule has 0 bridgehead atoms. The first kappa shape index (κ1) is 39.3. The number of aliphatic hydroxyl groups excluding tert-OH is 1. The van der Waals surface area contributed by atoms with E-state index in [0.29, 0.717) is 17.0 Å². The zero-order valence-electron chi connectivity index (χ0n) is 30.4. The van der Waals surface area contributed by atoms with Crippen molar-refractivity contribution in [3.63, 3.8) is 0 Å². The Morgan fingerprint density at radius 3 is 2.20 bits per heavy atom. The average molecular weight is 739 g/mol. The summed E-state index contributed by atoms with van der Waals surface area (Å²) in [6.07, 6.45) is 3.15. The number of nitrogens with two attached hydrogens (primary N) is 1. The normalized spacial score (nSPS) is 26.3. The van der Waals surface area contributed by atoms with Crippen LogP contribution in [0.15, 0.2) is 6.33 Å². The molecule has 18 heteroatoms. The Balaban J connectivity index is 1.36. The molecule has 2 unspecified atom stereocenters. The fourth-order valence-corrected chi connectivity index (χ4v) is 9.08. The molecular formula is C33H55N8O9P. The van der Waals surface area contributed by atoms with Gasteiger partial charge < -0.3 is 44.6 Å². The van der Waals surface area contributed by atoms with E-state index in [-0.39, 0.29) is 56.3 Å². The summed E-state index contributed by atoms with van der Waals surface area (Å²) in [5.74, 6) is -0.616. The quantitative estimate of drug-likeness (QED) is 0.0953. The van der Waals surface area contributed by atoms with Gasteiger partial charge in [-0.3, -0.25) is 14.2 Å². The van der Waals surface area contributed by atoms with Gasteiger partial charge in [0, 0.05) is 12.5 Å². The molecule has 286 valence electrons. The highest BCUT2D eigenvalue weighted by Gasteiger charge is 2.66. The second kappa shape index (κ2) is 16.4. The lowest BCUT2D eigenvalue weighted by atomic mass is 9.70. The van der Waals surface area contributed by atoms with E-state index in [1.54, 1.807) is 24.7 Å². The number of nitrogens with zero attached hydrogens (tertiary/aromatic N) is 4. The number of aromatic nitrogens is 4. The summed E-state index contributed by atoms with van der Waals surface area (Å²) >= 11 is 0. The van der Waals surface area contributed by atoms with Gasteiger partial charge in [0.2, 0.25) is 5.95 Å². The maximum absolute atomic E-state index is 14.6. The Hall–Kier alpha value is -2.92. The number of carbonyl (C=O) groups excluding carboxylic acids is 2. The molecule has 7 atom stereocenters. The third kappa shape index (κ3) is 8.83. The van der Waals surface area contributed by atoms with Gasteiger partial charge in [-0.2, -0.15) is 9.97 Å². The topological polar surface area (TPSA) is 234 Å². The van der Waals surface area contributed by atoms with E-state index >= 15 is 0 Å². The number of imidazole rings is 1. The SMILES string of the molecule is CCOC(=O)[C@H](CC(C)C)NP(=O)(N[C@@H](CC(C)C)C(=O)OCC)OC[C@H]1O[C@H]2C(n3cnc4c(NC5CCCC5)nc(N)nc43)C[C@]2(O)C1O. The van der Waals surface area contributed by atoms with Crippen LogP contribution in [0.1, 0.15) is 92.5 Å². The molecule has 3 fully saturated rings. The van der Waals surface area contributed by atoms with Gasteiger partial charge >= 0.3 is 19.6 Å². The van der Waals surface area contributed by atoms with Crippen LogP contribution in [-0.4, -0.2) is 104 Å². The lowest BCUT2D eigenvalue weighted by Gasteiger charge is -2.47. The van der Waals surface area contributed by atoms with Crippen molar-refractivity contribution in [3.8, 4) is 0 Å². The van der Waals surface area contributed by atoms with E-state index < -0.39 is 68.3 Å². The molecule has 0 spiro atoms. The lowest BCUT2D eigenvalue weighted by molar-refractivity contribution is -0.170. The molecule has 5 rings (SSSR count). The van der Waals surface area contributed by atoms with E-state index in [9.17, 15) is 24.4 Å². The standard InChI is InChI=1S/C33H55N8O9P/c1-7-47-30(43)21(13-18(3)4)39-51(46,40-22(14-19(5)6)31(44)48-8-2)49-16-24-26(42)33(45)15-23(27(33)50-24)41-17-35-25-28(36-20-11-9-10-12-20)37-32(34)38-29(25)41/h17-24,26-27,42,45H,7-16H2,1-6H3,(H2,39,40,46)(H3,34,36,37,38)/t21-,22-,23?,24+,26?,27-,33-/m0/s1. The van der Waals surface area contributed by atoms with E-state index in [2.05, 4.69) is 30.4 Å². The average Bonchev–Trinajstić information content (AvgIpc) is 3.76.